The normalized spacial score (nSPS) is 21.9. The van der Waals surface area contributed by atoms with Crippen molar-refractivity contribution in [2.75, 3.05) is 64.4 Å². The quantitative estimate of drug-likeness (QED) is 0.145. The molecule has 6 bridgehead atoms. The van der Waals surface area contributed by atoms with Crippen LogP contribution in [0.5, 0.6) is 23.1 Å². The minimum atomic E-state index is -1.26. The first-order valence-corrected chi connectivity index (χ1v) is 25.3. The molecule has 3 aromatic heterocycles. The van der Waals surface area contributed by atoms with E-state index in [0.29, 0.717) is 96.6 Å². The van der Waals surface area contributed by atoms with E-state index in [0.717, 1.165) is 43.0 Å². The lowest BCUT2D eigenvalue weighted by Crippen LogP contribution is -2.58. The van der Waals surface area contributed by atoms with Crippen molar-refractivity contribution in [3.8, 4) is 44.7 Å². The van der Waals surface area contributed by atoms with E-state index in [4.69, 9.17) is 61.8 Å². The number of rotatable bonds is 8. The average Bonchev–Trinajstić information content (AvgIpc) is 3.73. The second kappa shape index (κ2) is 19.7. The predicted molar refractivity (Wildman–Crippen MR) is 268 cm³/mol. The number of piperidine rings is 2. The minimum Gasteiger partial charge on any atom is -0.490 e. The summed E-state index contributed by atoms with van der Waals surface area (Å²) < 4.78 is 47.5. The summed E-state index contributed by atoms with van der Waals surface area (Å²) in [5.74, 6) is 1.46. The number of benzene rings is 3. The van der Waals surface area contributed by atoms with Crippen molar-refractivity contribution in [1.82, 2.24) is 29.7 Å². The minimum absolute atomic E-state index is 0.0175. The van der Waals surface area contributed by atoms with Gasteiger partial charge in [0.2, 0.25) is 17.9 Å². The Bertz CT molecular complexity index is 2890. The zero-order valence-electron chi connectivity index (χ0n) is 40.0. The molecule has 14 nitrogen and oxygen atoms in total. The molecule has 8 heterocycles. The van der Waals surface area contributed by atoms with Crippen LogP contribution in [0.2, 0.25) is 10.0 Å². The third-order valence-corrected chi connectivity index (χ3v) is 15.7. The summed E-state index contributed by atoms with van der Waals surface area (Å²) in [4.78, 5) is 41.5. The van der Waals surface area contributed by atoms with Crippen molar-refractivity contribution >= 4 is 56.7 Å². The highest BCUT2D eigenvalue weighted by molar-refractivity contribution is 7.22. The third-order valence-electron chi connectivity index (χ3n) is 13.6. The Kier molecular flexibility index (Phi) is 13.6. The number of esters is 1. The largest absolute Gasteiger partial charge is 0.490 e. The number of aliphatic hydroxyl groups is 1. The first-order chi connectivity index (χ1) is 33.6. The Hall–Kier alpha value is -5.36. The van der Waals surface area contributed by atoms with Gasteiger partial charge in [-0.3, -0.25) is 4.90 Å². The van der Waals surface area contributed by atoms with Gasteiger partial charge in [-0.05, 0) is 107 Å². The van der Waals surface area contributed by atoms with Gasteiger partial charge in [-0.2, -0.15) is 0 Å². The number of halogens is 3. The number of likely N-dealkylation sites (N-methyl/N-ethyl adjacent to an activating group) is 1. The maximum absolute atomic E-state index is 14.6. The van der Waals surface area contributed by atoms with Crippen LogP contribution in [0.15, 0.2) is 61.1 Å². The summed E-state index contributed by atoms with van der Waals surface area (Å²) in [6.45, 7) is 14.9. The number of hydrogen-bond acceptors (Lipinski definition) is 15. The van der Waals surface area contributed by atoms with Gasteiger partial charge in [0.1, 0.15) is 53.4 Å². The van der Waals surface area contributed by atoms with Gasteiger partial charge in [-0.1, -0.05) is 35.3 Å². The molecule has 6 aromatic rings. The molecule has 0 amide bonds. The molecular formula is C52H56Cl2FN7O7S. The van der Waals surface area contributed by atoms with E-state index in [1.54, 1.807) is 39.1 Å². The van der Waals surface area contributed by atoms with Gasteiger partial charge in [-0.25, -0.2) is 29.1 Å². The molecule has 1 aliphatic carbocycles. The van der Waals surface area contributed by atoms with Crippen molar-refractivity contribution in [2.45, 2.75) is 78.0 Å². The summed E-state index contributed by atoms with van der Waals surface area (Å²) in [7, 11) is 2.11. The molecule has 6 aliphatic rings. The second-order valence-electron chi connectivity index (χ2n) is 19.8. The molecular weight excluding hydrogens is 957 g/mol. The van der Waals surface area contributed by atoms with E-state index in [1.165, 1.54) is 29.8 Å². The smallest absolute Gasteiger partial charge is 0.348 e. The number of thiophene rings is 1. The Balaban J connectivity index is 1.09. The van der Waals surface area contributed by atoms with Crippen LogP contribution in [-0.4, -0.2) is 124 Å². The maximum atomic E-state index is 14.6. The predicted octanol–water partition coefficient (Wildman–Crippen LogP) is 8.99. The molecule has 5 aliphatic heterocycles. The zero-order valence-corrected chi connectivity index (χ0v) is 42.3. The summed E-state index contributed by atoms with van der Waals surface area (Å²) in [5, 5.41) is 11.6. The number of fused-ring (bicyclic) bond motifs is 9. The van der Waals surface area contributed by atoms with E-state index in [9.17, 15) is 14.3 Å². The van der Waals surface area contributed by atoms with E-state index >= 15 is 0 Å². The van der Waals surface area contributed by atoms with Crippen LogP contribution < -0.4 is 23.8 Å². The number of nitrogens with zero attached hydrogens (tertiary/aromatic N) is 7. The average molecular weight is 1010 g/mol. The van der Waals surface area contributed by atoms with Crippen molar-refractivity contribution in [3.05, 3.63) is 99.3 Å². The van der Waals surface area contributed by atoms with Crippen molar-refractivity contribution in [1.29, 1.82) is 0 Å². The molecule has 1 unspecified atom stereocenters. The first-order valence-electron chi connectivity index (χ1n) is 23.7. The van der Waals surface area contributed by atoms with Gasteiger partial charge >= 0.3 is 5.97 Å². The molecule has 5 atom stereocenters. The SMILES string of the molecule is Cc1c(Cl)c2c(Cl)c(C)c1-c1c(-c3ccc(F)cc3)sc3ncnc(c13)O[C@@H](C(=O)OC(C)(C)C)Cc1cc(ccc1OCc1ccnc(N3C[C@H]4C[C@@H](C3)C4O)n1)OC[C@@H](CN1CCN(C)CC1)O2. The number of aliphatic hydroxyl groups excluding tert-OH is 1. The van der Waals surface area contributed by atoms with Gasteiger partial charge < -0.3 is 38.6 Å². The first kappa shape index (κ1) is 48.3. The number of hydrogen-bond donors (Lipinski definition) is 1. The molecule has 3 saturated heterocycles. The molecule has 0 radical (unpaired) electrons. The molecule has 0 spiro atoms. The van der Waals surface area contributed by atoms with Gasteiger partial charge in [0.15, 0.2) is 5.75 Å². The Morgan fingerprint density at radius 1 is 0.943 bits per heavy atom. The number of anilines is 1. The number of carbonyl (C=O) groups is 1. The van der Waals surface area contributed by atoms with Crippen molar-refractivity contribution in [3.63, 3.8) is 0 Å². The zero-order chi connectivity index (χ0) is 49.0. The van der Waals surface area contributed by atoms with E-state index in [1.807, 2.05) is 38.1 Å². The van der Waals surface area contributed by atoms with Crippen LogP contribution in [-0.2, 0) is 22.6 Å². The Morgan fingerprint density at radius 3 is 2.37 bits per heavy atom. The van der Waals surface area contributed by atoms with Gasteiger partial charge in [0, 0.05) is 86.3 Å². The van der Waals surface area contributed by atoms with Crippen LogP contribution in [0.4, 0.5) is 10.3 Å². The molecule has 70 heavy (non-hydrogen) atoms. The highest BCUT2D eigenvalue weighted by Crippen LogP contribution is 2.53. The fraction of sp³-hybridized carbons (Fsp3) is 0.442. The van der Waals surface area contributed by atoms with E-state index < -0.39 is 23.8 Å². The van der Waals surface area contributed by atoms with Gasteiger partial charge in [0.25, 0.3) is 0 Å². The number of carbonyl (C=O) groups excluding carboxylic acids is 1. The molecule has 12 rings (SSSR count). The van der Waals surface area contributed by atoms with Crippen LogP contribution in [0.3, 0.4) is 0 Å². The molecule has 3 aromatic carbocycles. The number of ether oxygens (including phenoxy) is 5. The molecule has 4 fully saturated rings. The standard InChI is InChI=1S/C52H56Cl2FN7O7S/c1-28-40-29(2)44(54)46(43(28)53)67-37(24-61-17-15-60(6)16-18-61)26-65-36-11-12-38(66-25-35-13-14-56-51(59-35)62-22-32-19-33(23-62)45(32)63)31(20-36)21-39(50(64)69-52(3,4)5)68-48-42-41(40)47(70-49(42)58-27-57-48)30-7-9-34(55)10-8-30/h7-14,20,27,32-33,37,39,45,63H,15-19,21-26H2,1-6H3/t32-,33+,37-,39-,45?/m1/s1. The van der Waals surface area contributed by atoms with Gasteiger partial charge in [-0.15, -0.1) is 11.3 Å². The fourth-order valence-corrected chi connectivity index (χ4v) is 11.5. The second-order valence-corrected chi connectivity index (χ2v) is 21.6. The summed E-state index contributed by atoms with van der Waals surface area (Å²) >= 11 is 16.2. The van der Waals surface area contributed by atoms with Gasteiger partial charge in [0.05, 0.1) is 27.2 Å². The highest BCUT2D eigenvalue weighted by Gasteiger charge is 2.46. The summed E-state index contributed by atoms with van der Waals surface area (Å²) in [6, 6.07) is 13.5. The molecule has 1 saturated carbocycles. The molecule has 368 valence electrons. The lowest BCUT2D eigenvalue weighted by molar-refractivity contribution is -0.163. The van der Waals surface area contributed by atoms with Crippen LogP contribution in [0.25, 0.3) is 31.8 Å². The monoisotopic (exact) mass is 1010 g/mol. The highest BCUT2D eigenvalue weighted by atomic mass is 35.5. The van der Waals surface area contributed by atoms with E-state index in [-0.39, 0.29) is 49.3 Å². The third kappa shape index (κ3) is 9.95. The van der Waals surface area contributed by atoms with E-state index in [2.05, 4.69) is 26.7 Å². The fourth-order valence-electron chi connectivity index (χ4n) is 9.87. The van der Waals surface area contributed by atoms with Crippen LogP contribution >= 0.6 is 34.5 Å². The Labute approximate surface area is 420 Å². The Morgan fingerprint density at radius 2 is 1.67 bits per heavy atom. The van der Waals surface area contributed by atoms with Crippen molar-refractivity contribution in [2.24, 2.45) is 11.8 Å². The lowest BCUT2D eigenvalue weighted by Gasteiger charge is -2.51. The number of aromatic nitrogens is 4. The van der Waals surface area contributed by atoms with Crippen LogP contribution in [0, 0.1) is 31.5 Å². The molecule has 18 heteroatoms. The maximum Gasteiger partial charge on any atom is 0.348 e. The molecule has 1 N–H and O–H groups in total. The van der Waals surface area contributed by atoms with Crippen LogP contribution in [0.1, 0.15) is 49.6 Å². The lowest BCUT2D eigenvalue weighted by atomic mass is 9.68. The number of piperazine rings is 1. The topological polar surface area (TPSA) is 145 Å². The summed E-state index contributed by atoms with van der Waals surface area (Å²) in [5.41, 5.74) is 3.82. The van der Waals surface area contributed by atoms with Crippen molar-refractivity contribution < 1.29 is 38.0 Å². The summed E-state index contributed by atoms with van der Waals surface area (Å²) in [6.07, 6.45) is 2.07.